The van der Waals surface area contributed by atoms with Gasteiger partial charge in [-0.2, -0.15) is 0 Å². The Kier molecular flexibility index (Phi) is 3.66. The van der Waals surface area contributed by atoms with E-state index in [-0.39, 0.29) is 0 Å². The summed E-state index contributed by atoms with van der Waals surface area (Å²) in [5.41, 5.74) is -0.749. The molecule has 2 N–H and O–H groups in total. The lowest BCUT2D eigenvalue weighted by Gasteiger charge is -2.21. The third kappa shape index (κ3) is 3.12. The first-order chi connectivity index (χ1) is 6.55. The number of aromatic nitrogens is 2. The third-order valence-electron chi connectivity index (χ3n) is 2.05. The van der Waals surface area contributed by atoms with Crippen LogP contribution < -0.4 is 5.32 Å². The van der Waals surface area contributed by atoms with E-state index < -0.39 is 5.60 Å². The smallest absolute Gasteiger partial charge is 0.171 e. The SMILES string of the molecule is CCC(C)(O)CNc1nccnc1Cl. The Labute approximate surface area is 88.3 Å². The van der Waals surface area contributed by atoms with E-state index in [2.05, 4.69) is 15.3 Å². The van der Waals surface area contributed by atoms with Crippen molar-refractivity contribution >= 4 is 17.4 Å². The minimum atomic E-state index is -0.749. The number of hydrogen-bond acceptors (Lipinski definition) is 4. The second kappa shape index (κ2) is 4.57. The lowest BCUT2D eigenvalue weighted by Crippen LogP contribution is -2.32. The number of halogens is 1. The van der Waals surface area contributed by atoms with Crippen molar-refractivity contribution in [2.24, 2.45) is 0 Å². The van der Waals surface area contributed by atoms with Crippen LogP contribution in [0.5, 0.6) is 0 Å². The Bertz CT molecular complexity index is 304. The molecule has 1 aromatic heterocycles. The van der Waals surface area contributed by atoms with Crippen molar-refractivity contribution in [3.63, 3.8) is 0 Å². The average Bonchev–Trinajstić information content (AvgIpc) is 2.17. The van der Waals surface area contributed by atoms with Crippen molar-refractivity contribution in [1.29, 1.82) is 0 Å². The first-order valence-corrected chi connectivity index (χ1v) is 4.86. The molecule has 0 spiro atoms. The fourth-order valence-electron chi connectivity index (χ4n) is 0.839. The monoisotopic (exact) mass is 215 g/mol. The van der Waals surface area contributed by atoms with Gasteiger partial charge in [0.15, 0.2) is 11.0 Å². The second-order valence-electron chi connectivity index (χ2n) is 3.40. The van der Waals surface area contributed by atoms with Gasteiger partial charge < -0.3 is 10.4 Å². The van der Waals surface area contributed by atoms with E-state index >= 15 is 0 Å². The average molecular weight is 216 g/mol. The van der Waals surface area contributed by atoms with Gasteiger partial charge in [0.2, 0.25) is 0 Å². The van der Waals surface area contributed by atoms with Gasteiger partial charge >= 0.3 is 0 Å². The predicted molar refractivity (Wildman–Crippen MR) is 56.4 cm³/mol. The van der Waals surface area contributed by atoms with Crippen molar-refractivity contribution in [2.45, 2.75) is 25.9 Å². The van der Waals surface area contributed by atoms with Gasteiger partial charge in [0.05, 0.1) is 5.60 Å². The maximum atomic E-state index is 9.72. The summed E-state index contributed by atoms with van der Waals surface area (Å²) in [6, 6.07) is 0. The summed E-state index contributed by atoms with van der Waals surface area (Å²) in [7, 11) is 0. The largest absolute Gasteiger partial charge is 0.388 e. The van der Waals surface area contributed by atoms with Crippen LogP contribution in [-0.4, -0.2) is 27.2 Å². The molecule has 1 heterocycles. The molecule has 5 heteroatoms. The van der Waals surface area contributed by atoms with Gasteiger partial charge in [0, 0.05) is 18.9 Å². The summed E-state index contributed by atoms with van der Waals surface area (Å²) in [4.78, 5) is 7.86. The number of anilines is 1. The summed E-state index contributed by atoms with van der Waals surface area (Å²) in [5.74, 6) is 0.503. The molecule has 1 aromatic rings. The topological polar surface area (TPSA) is 58.0 Å². The molecule has 0 fully saturated rings. The van der Waals surface area contributed by atoms with Crippen LogP contribution in [0.15, 0.2) is 12.4 Å². The van der Waals surface area contributed by atoms with Gasteiger partial charge in [-0.25, -0.2) is 9.97 Å². The van der Waals surface area contributed by atoms with E-state index in [9.17, 15) is 5.11 Å². The molecule has 0 saturated heterocycles. The highest BCUT2D eigenvalue weighted by Crippen LogP contribution is 2.16. The van der Waals surface area contributed by atoms with Crippen LogP contribution in [0, 0.1) is 0 Å². The van der Waals surface area contributed by atoms with Crippen molar-refractivity contribution in [3.8, 4) is 0 Å². The Balaban J connectivity index is 2.58. The molecule has 1 atom stereocenters. The van der Waals surface area contributed by atoms with Gasteiger partial charge in [-0.3, -0.25) is 0 Å². The fourth-order valence-corrected chi connectivity index (χ4v) is 1.01. The Morgan fingerprint density at radius 2 is 2.14 bits per heavy atom. The van der Waals surface area contributed by atoms with Gasteiger partial charge in [-0.05, 0) is 13.3 Å². The quantitative estimate of drug-likeness (QED) is 0.803. The molecule has 0 amide bonds. The number of rotatable bonds is 4. The zero-order valence-corrected chi connectivity index (χ0v) is 9.04. The molecule has 0 saturated carbocycles. The predicted octanol–water partition coefficient (Wildman–Crippen LogP) is 1.70. The van der Waals surface area contributed by atoms with Gasteiger partial charge in [0.25, 0.3) is 0 Å². The molecule has 4 nitrogen and oxygen atoms in total. The molecule has 78 valence electrons. The molecule has 0 aliphatic rings. The Hall–Kier alpha value is -0.870. The van der Waals surface area contributed by atoms with Crippen LogP contribution in [0.3, 0.4) is 0 Å². The van der Waals surface area contributed by atoms with Crippen LogP contribution in [0.2, 0.25) is 5.15 Å². The van der Waals surface area contributed by atoms with Gasteiger partial charge in [0.1, 0.15) is 0 Å². The van der Waals surface area contributed by atoms with Crippen molar-refractivity contribution < 1.29 is 5.11 Å². The van der Waals surface area contributed by atoms with Gasteiger partial charge in [-0.15, -0.1) is 0 Å². The molecule has 14 heavy (non-hydrogen) atoms. The molecule has 0 aliphatic carbocycles. The van der Waals surface area contributed by atoms with Crippen LogP contribution in [-0.2, 0) is 0 Å². The van der Waals surface area contributed by atoms with Crippen molar-refractivity contribution in [1.82, 2.24) is 9.97 Å². The molecule has 0 radical (unpaired) electrons. The molecule has 0 bridgehead atoms. The number of hydrogen-bond donors (Lipinski definition) is 2. The van der Waals surface area contributed by atoms with Crippen molar-refractivity contribution in [2.75, 3.05) is 11.9 Å². The van der Waals surface area contributed by atoms with E-state index in [0.29, 0.717) is 23.9 Å². The zero-order chi connectivity index (χ0) is 10.6. The molecular weight excluding hydrogens is 202 g/mol. The maximum Gasteiger partial charge on any atom is 0.171 e. The van der Waals surface area contributed by atoms with Crippen LogP contribution in [0.4, 0.5) is 5.82 Å². The Morgan fingerprint density at radius 3 is 2.71 bits per heavy atom. The number of nitrogens with zero attached hydrogens (tertiary/aromatic N) is 2. The van der Waals surface area contributed by atoms with E-state index in [4.69, 9.17) is 11.6 Å². The van der Waals surface area contributed by atoms with E-state index in [1.165, 1.54) is 6.20 Å². The third-order valence-corrected chi connectivity index (χ3v) is 2.33. The van der Waals surface area contributed by atoms with Crippen LogP contribution in [0.1, 0.15) is 20.3 Å². The minimum absolute atomic E-state index is 0.319. The molecule has 1 unspecified atom stereocenters. The number of aliphatic hydroxyl groups is 1. The highest BCUT2D eigenvalue weighted by molar-refractivity contribution is 6.31. The highest BCUT2D eigenvalue weighted by atomic mass is 35.5. The van der Waals surface area contributed by atoms with E-state index in [0.717, 1.165) is 0 Å². The van der Waals surface area contributed by atoms with Gasteiger partial charge in [-0.1, -0.05) is 18.5 Å². The standard InChI is InChI=1S/C9H14ClN3O/c1-3-9(2,14)6-13-8-7(10)11-4-5-12-8/h4-5,14H,3,6H2,1-2H3,(H,12,13). The summed E-state index contributed by atoms with van der Waals surface area (Å²) in [5, 5.41) is 13.0. The summed E-state index contributed by atoms with van der Waals surface area (Å²) in [6.07, 6.45) is 3.73. The molecule has 0 aliphatic heterocycles. The lowest BCUT2D eigenvalue weighted by molar-refractivity contribution is 0.0696. The Morgan fingerprint density at radius 1 is 1.50 bits per heavy atom. The summed E-state index contributed by atoms with van der Waals surface area (Å²) < 4.78 is 0. The molecular formula is C9H14ClN3O. The normalized spacial score (nSPS) is 14.9. The first kappa shape index (κ1) is 11.2. The second-order valence-corrected chi connectivity index (χ2v) is 3.76. The maximum absolute atomic E-state index is 9.72. The number of nitrogens with one attached hydrogen (secondary N) is 1. The van der Waals surface area contributed by atoms with Crippen LogP contribution >= 0.6 is 11.6 Å². The van der Waals surface area contributed by atoms with E-state index in [1.807, 2.05) is 6.92 Å². The fraction of sp³-hybridized carbons (Fsp3) is 0.556. The zero-order valence-electron chi connectivity index (χ0n) is 8.29. The first-order valence-electron chi connectivity index (χ1n) is 4.48. The van der Waals surface area contributed by atoms with Crippen molar-refractivity contribution in [3.05, 3.63) is 17.5 Å². The van der Waals surface area contributed by atoms with E-state index in [1.54, 1.807) is 13.1 Å². The highest BCUT2D eigenvalue weighted by Gasteiger charge is 2.17. The van der Waals surface area contributed by atoms with Crippen LogP contribution in [0.25, 0.3) is 0 Å². The summed E-state index contributed by atoms with van der Waals surface area (Å²) in [6.45, 7) is 4.08. The molecule has 1 rings (SSSR count). The summed E-state index contributed by atoms with van der Waals surface area (Å²) >= 11 is 5.78. The molecule has 0 aromatic carbocycles. The minimum Gasteiger partial charge on any atom is -0.388 e. The lowest BCUT2D eigenvalue weighted by atomic mass is 10.0.